The quantitative estimate of drug-likeness (QED) is 0.838. The molecule has 1 heterocycles. The van der Waals surface area contributed by atoms with Gasteiger partial charge < -0.3 is 4.74 Å². The number of hydrogen-bond acceptors (Lipinski definition) is 5. The van der Waals surface area contributed by atoms with Gasteiger partial charge in [0.15, 0.2) is 0 Å². The van der Waals surface area contributed by atoms with Gasteiger partial charge >= 0.3 is 0 Å². The highest BCUT2D eigenvalue weighted by atomic mass is 35.5. The fourth-order valence-electron chi connectivity index (χ4n) is 1.76. The maximum absolute atomic E-state index is 11.8. The first-order valence-electron chi connectivity index (χ1n) is 6.98. The lowest BCUT2D eigenvalue weighted by Crippen LogP contribution is -2.18. The number of nitrogens with one attached hydrogen (secondary N) is 1. The Balaban J connectivity index is 1.76. The van der Waals surface area contributed by atoms with Crippen LogP contribution in [0.3, 0.4) is 0 Å². The fourth-order valence-corrected chi connectivity index (χ4v) is 2.92. The summed E-state index contributed by atoms with van der Waals surface area (Å²) in [5.74, 6) is 0.259. The van der Waals surface area contributed by atoms with Crippen molar-refractivity contribution in [2.24, 2.45) is 5.92 Å². The predicted molar refractivity (Wildman–Crippen MR) is 88.2 cm³/mol. The number of carbonyl (C=O) groups excluding carboxylic acids is 1. The highest BCUT2D eigenvalue weighted by molar-refractivity contribution is 7.15. The summed E-state index contributed by atoms with van der Waals surface area (Å²) >= 11 is 7.41. The monoisotopic (exact) mass is 339 g/mol. The minimum absolute atomic E-state index is 0.0513. The average molecular weight is 340 g/mol. The van der Waals surface area contributed by atoms with E-state index >= 15 is 0 Å². The van der Waals surface area contributed by atoms with Gasteiger partial charge in [0.2, 0.25) is 5.13 Å². The molecule has 1 aromatic carbocycles. The van der Waals surface area contributed by atoms with Crippen LogP contribution in [0.25, 0.3) is 0 Å². The Labute approximate surface area is 138 Å². The molecule has 1 aromatic heterocycles. The van der Waals surface area contributed by atoms with Gasteiger partial charge in [0.05, 0.1) is 6.61 Å². The molecule has 0 fully saturated rings. The van der Waals surface area contributed by atoms with Crippen LogP contribution >= 0.6 is 22.9 Å². The molecule has 0 saturated heterocycles. The molecule has 22 heavy (non-hydrogen) atoms. The molecule has 0 radical (unpaired) electrons. The lowest BCUT2D eigenvalue weighted by atomic mass is 10.1. The number of rotatable bonds is 7. The van der Waals surface area contributed by atoms with E-state index in [1.807, 2.05) is 18.2 Å². The van der Waals surface area contributed by atoms with E-state index in [1.54, 1.807) is 6.07 Å². The van der Waals surface area contributed by atoms with E-state index in [1.165, 1.54) is 11.3 Å². The maximum Gasteiger partial charge on any atom is 0.252 e. The van der Waals surface area contributed by atoms with Crippen molar-refractivity contribution in [3.8, 4) is 0 Å². The molecule has 0 saturated carbocycles. The van der Waals surface area contributed by atoms with Gasteiger partial charge in [-0.15, -0.1) is 10.2 Å². The number of hydrogen-bond donors (Lipinski definition) is 1. The number of anilines is 1. The molecule has 7 heteroatoms. The molecule has 0 bridgehead atoms. The van der Waals surface area contributed by atoms with Gasteiger partial charge in [-0.1, -0.05) is 55.0 Å². The molecule has 0 spiro atoms. The molecule has 2 rings (SSSR count). The lowest BCUT2D eigenvalue weighted by Gasteiger charge is -2.05. The Hall–Kier alpha value is -1.50. The summed E-state index contributed by atoms with van der Waals surface area (Å²) in [5.41, 5.74) is 0.854. The van der Waals surface area contributed by atoms with E-state index in [0.717, 1.165) is 17.0 Å². The number of nitrogens with zero attached hydrogens (tertiary/aromatic N) is 2. The Morgan fingerprint density at radius 3 is 2.86 bits per heavy atom. The lowest BCUT2D eigenvalue weighted by molar-refractivity contribution is -0.121. The summed E-state index contributed by atoms with van der Waals surface area (Å²) in [7, 11) is 0. The molecule has 2 aromatic rings. The van der Waals surface area contributed by atoms with Gasteiger partial charge in [-0.05, 0) is 17.5 Å². The third-order valence-electron chi connectivity index (χ3n) is 2.74. The number of benzene rings is 1. The van der Waals surface area contributed by atoms with E-state index in [0.29, 0.717) is 22.7 Å². The predicted octanol–water partition coefficient (Wildman–Crippen LogP) is 3.55. The van der Waals surface area contributed by atoms with Crippen molar-refractivity contribution >= 4 is 34.0 Å². The van der Waals surface area contributed by atoms with Gasteiger partial charge in [0.1, 0.15) is 11.6 Å². The topological polar surface area (TPSA) is 64.1 Å². The van der Waals surface area contributed by atoms with E-state index in [4.69, 9.17) is 16.3 Å². The van der Waals surface area contributed by atoms with Crippen molar-refractivity contribution in [3.63, 3.8) is 0 Å². The number of ether oxygens (including phenoxy) is 1. The molecule has 1 N–H and O–H groups in total. The summed E-state index contributed by atoms with van der Waals surface area (Å²) in [6.07, 6.45) is 0.858. The van der Waals surface area contributed by atoms with Crippen molar-refractivity contribution in [2.45, 2.75) is 26.9 Å². The second-order valence-electron chi connectivity index (χ2n) is 5.23. The van der Waals surface area contributed by atoms with E-state index in [9.17, 15) is 4.79 Å². The molecule has 5 nitrogen and oxygen atoms in total. The summed E-state index contributed by atoms with van der Waals surface area (Å²) < 4.78 is 5.37. The molecular weight excluding hydrogens is 322 g/mol. The van der Waals surface area contributed by atoms with Crippen molar-refractivity contribution < 1.29 is 9.53 Å². The fraction of sp³-hybridized carbons (Fsp3) is 0.400. The molecule has 0 atom stereocenters. The first-order chi connectivity index (χ1) is 10.5. The molecular formula is C15H18ClN3O2S. The highest BCUT2D eigenvalue weighted by Gasteiger charge is 2.10. The summed E-state index contributed by atoms with van der Waals surface area (Å²) in [6.45, 7) is 4.47. The van der Waals surface area contributed by atoms with Crippen LogP contribution in [0.15, 0.2) is 24.3 Å². The van der Waals surface area contributed by atoms with Crippen LogP contribution in [0, 0.1) is 5.92 Å². The Morgan fingerprint density at radius 1 is 1.36 bits per heavy atom. The van der Waals surface area contributed by atoms with Crippen LogP contribution in [-0.2, 0) is 22.6 Å². The molecule has 1 amide bonds. The minimum Gasteiger partial charge on any atom is -0.367 e. The first-order valence-corrected chi connectivity index (χ1v) is 8.17. The number of amides is 1. The van der Waals surface area contributed by atoms with Crippen LogP contribution < -0.4 is 5.32 Å². The summed E-state index contributed by atoms with van der Waals surface area (Å²) in [5, 5.41) is 12.7. The second kappa shape index (κ2) is 8.22. The van der Waals surface area contributed by atoms with E-state index in [-0.39, 0.29) is 12.5 Å². The third-order valence-corrected chi connectivity index (χ3v) is 3.97. The van der Waals surface area contributed by atoms with Crippen molar-refractivity contribution in [1.29, 1.82) is 0 Å². The van der Waals surface area contributed by atoms with Gasteiger partial charge in [-0.3, -0.25) is 10.1 Å². The standard InChI is InChI=1S/C15H18ClN3O2S/c1-10(2)7-14-18-19-15(22-14)17-13(20)9-21-8-11-5-3-4-6-12(11)16/h3-6,10H,7-9H2,1-2H3,(H,17,19,20). The summed E-state index contributed by atoms with van der Waals surface area (Å²) in [4.78, 5) is 11.8. The van der Waals surface area contributed by atoms with Gasteiger partial charge in [-0.2, -0.15) is 0 Å². The van der Waals surface area contributed by atoms with Gasteiger partial charge in [0.25, 0.3) is 5.91 Å². The average Bonchev–Trinajstić information content (AvgIpc) is 2.87. The largest absolute Gasteiger partial charge is 0.367 e. The first kappa shape index (κ1) is 16.9. The number of aromatic nitrogens is 2. The van der Waals surface area contributed by atoms with Gasteiger partial charge in [-0.25, -0.2) is 0 Å². The van der Waals surface area contributed by atoms with Crippen molar-refractivity contribution in [1.82, 2.24) is 10.2 Å². The Morgan fingerprint density at radius 2 is 2.14 bits per heavy atom. The second-order valence-corrected chi connectivity index (χ2v) is 6.70. The molecule has 0 aliphatic rings. The molecule has 0 aliphatic carbocycles. The van der Waals surface area contributed by atoms with Crippen LogP contribution in [0.1, 0.15) is 24.4 Å². The van der Waals surface area contributed by atoms with Crippen LogP contribution in [-0.4, -0.2) is 22.7 Å². The molecule has 0 aliphatic heterocycles. The number of carbonyl (C=O) groups is 1. The highest BCUT2D eigenvalue weighted by Crippen LogP contribution is 2.18. The van der Waals surface area contributed by atoms with Gasteiger partial charge in [0, 0.05) is 11.4 Å². The minimum atomic E-state index is -0.251. The Kier molecular flexibility index (Phi) is 6.30. The van der Waals surface area contributed by atoms with Crippen LogP contribution in [0.2, 0.25) is 5.02 Å². The van der Waals surface area contributed by atoms with E-state index in [2.05, 4.69) is 29.4 Å². The molecule has 118 valence electrons. The zero-order valence-corrected chi connectivity index (χ0v) is 14.1. The smallest absolute Gasteiger partial charge is 0.252 e. The zero-order valence-electron chi connectivity index (χ0n) is 12.5. The van der Waals surface area contributed by atoms with Crippen molar-refractivity contribution in [3.05, 3.63) is 39.9 Å². The van der Waals surface area contributed by atoms with E-state index < -0.39 is 0 Å². The maximum atomic E-state index is 11.8. The SMILES string of the molecule is CC(C)Cc1nnc(NC(=O)COCc2ccccc2Cl)s1. The third kappa shape index (κ3) is 5.36. The normalized spacial score (nSPS) is 10.9. The number of halogens is 1. The summed E-state index contributed by atoms with van der Waals surface area (Å²) in [6, 6.07) is 7.38. The van der Waals surface area contributed by atoms with Crippen LogP contribution in [0.4, 0.5) is 5.13 Å². The van der Waals surface area contributed by atoms with Crippen molar-refractivity contribution in [2.75, 3.05) is 11.9 Å². The Bertz CT molecular complexity index is 631. The zero-order chi connectivity index (χ0) is 15.9. The molecule has 0 unspecified atom stereocenters. The van der Waals surface area contributed by atoms with Crippen LogP contribution in [0.5, 0.6) is 0 Å².